The van der Waals surface area contributed by atoms with Gasteiger partial charge >= 0.3 is 0 Å². The second-order valence-electron chi connectivity index (χ2n) is 3.39. The van der Waals surface area contributed by atoms with Crippen molar-refractivity contribution in [2.75, 3.05) is 13.7 Å². The zero-order valence-electron chi connectivity index (χ0n) is 9.31. The molecule has 0 aliphatic rings. The van der Waals surface area contributed by atoms with Gasteiger partial charge in [0.25, 0.3) is 0 Å². The van der Waals surface area contributed by atoms with Crippen molar-refractivity contribution in [3.8, 4) is 0 Å². The Hall–Kier alpha value is -1.13. The van der Waals surface area contributed by atoms with E-state index in [9.17, 15) is 4.79 Å². The lowest BCUT2D eigenvalue weighted by Gasteiger charge is -2.18. The van der Waals surface area contributed by atoms with Crippen LogP contribution in [0.15, 0.2) is 24.4 Å². The number of carbonyl (C=O) groups is 1. The van der Waals surface area contributed by atoms with Gasteiger partial charge in [-0.05, 0) is 19.1 Å². The lowest BCUT2D eigenvalue weighted by molar-refractivity contribution is -0.121. The molecule has 0 aliphatic carbocycles. The Bertz CT molecular complexity index is 330. The van der Waals surface area contributed by atoms with Crippen LogP contribution in [0.25, 0.3) is 0 Å². The highest BCUT2D eigenvalue weighted by Crippen LogP contribution is 2.10. The summed E-state index contributed by atoms with van der Waals surface area (Å²) < 4.78 is 5.04. The molecule has 2 unspecified atom stereocenters. The first-order valence-electron chi connectivity index (χ1n) is 4.99. The predicted molar refractivity (Wildman–Crippen MR) is 62.3 cm³/mol. The predicted octanol–water partition coefficient (Wildman–Crippen LogP) is 1.51. The van der Waals surface area contributed by atoms with Gasteiger partial charge in [-0.15, -0.1) is 11.6 Å². The van der Waals surface area contributed by atoms with Crippen molar-refractivity contribution in [2.45, 2.75) is 18.3 Å². The van der Waals surface area contributed by atoms with Gasteiger partial charge in [0.2, 0.25) is 5.91 Å². The summed E-state index contributed by atoms with van der Waals surface area (Å²) in [5.41, 5.74) is 0.759. The van der Waals surface area contributed by atoms with Crippen LogP contribution in [-0.4, -0.2) is 30.0 Å². The van der Waals surface area contributed by atoms with Gasteiger partial charge in [-0.1, -0.05) is 6.07 Å². The third-order valence-corrected chi connectivity index (χ3v) is 2.25. The summed E-state index contributed by atoms with van der Waals surface area (Å²) in [7, 11) is 1.58. The zero-order valence-corrected chi connectivity index (χ0v) is 10.1. The molecule has 0 saturated heterocycles. The van der Waals surface area contributed by atoms with E-state index in [1.165, 1.54) is 0 Å². The molecule has 1 aromatic heterocycles. The standard InChI is InChI=1S/C11H15ClN2O2/c1-8(12)11(15)14-10(7-16-2)9-5-3-4-6-13-9/h3-6,8,10H,7H2,1-2H3,(H,14,15). The average molecular weight is 243 g/mol. The van der Waals surface area contributed by atoms with Gasteiger partial charge in [0.15, 0.2) is 0 Å². The molecule has 0 aliphatic heterocycles. The molecule has 4 nitrogen and oxygen atoms in total. The number of alkyl halides is 1. The van der Waals surface area contributed by atoms with Crippen LogP contribution in [0.1, 0.15) is 18.7 Å². The number of hydrogen-bond acceptors (Lipinski definition) is 3. The minimum absolute atomic E-state index is 0.227. The maximum absolute atomic E-state index is 11.5. The van der Waals surface area contributed by atoms with E-state index in [1.54, 1.807) is 20.2 Å². The minimum Gasteiger partial charge on any atom is -0.382 e. The Balaban J connectivity index is 2.72. The smallest absolute Gasteiger partial charge is 0.238 e. The number of methoxy groups -OCH3 is 1. The summed E-state index contributed by atoms with van der Waals surface area (Å²) >= 11 is 5.69. The number of halogens is 1. The molecule has 1 N–H and O–H groups in total. The molecule has 0 saturated carbocycles. The minimum atomic E-state index is -0.567. The summed E-state index contributed by atoms with van der Waals surface area (Å²) in [5, 5.41) is 2.21. The van der Waals surface area contributed by atoms with Crippen LogP contribution in [0.3, 0.4) is 0 Å². The lowest BCUT2D eigenvalue weighted by Crippen LogP contribution is -2.35. The Kier molecular flexibility index (Phi) is 5.22. The van der Waals surface area contributed by atoms with Crippen molar-refractivity contribution in [1.29, 1.82) is 0 Å². The van der Waals surface area contributed by atoms with E-state index in [1.807, 2.05) is 18.2 Å². The van der Waals surface area contributed by atoms with Gasteiger partial charge < -0.3 is 10.1 Å². The highest BCUT2D eigenvalue weighted by Gasteiger charge is 2.18. The number of aromatic nitrogens is 1. The molecule has 0 aromatic carbocycles. The van der Waals surface area contributed by atoms with Gasteiger partial charge in [-0.25, -0.2) is 0 Å². The van der Waals surface area contributed by atoms with E-state index in [-0.39, 0.29) is 11.9 Å². The summed E-state index contributed by atoms with van der Waals surface area (Å²) in [6, 6.07) is 5.25. The van der Waals surface area contributed by atoms with E-state index in [2.05, 4.69) is 10.3 Å². The fourth-order valence-corrected chi connectivity index (χ4v) is 1.30. The maximum atomic E-state index is 11.5. The summed E-state index contributed by atoms with van der Waals surface area (Å²) in [6.07, 6.45) is 1.67. The Morgan fingerprint density at radius 2 is 2.38 bits per heavy atom. The lowest BCUT2D eigenvalue weighted by atomic mass is 10.2. The van der Waals surface area contributed by atoms with Crippen LogP contribution in [0.2, 0.25) is 0 Å². The number of pyridine rings is 1. The van der Waals surface area contributed by atoms with Gasteiger partial charge in [0.05, 0.1) is 18.3 Å². The van der Waals surface area contributed by atoms with E-state index < -0.39 is 5.38 Å². The number of nitrogens with zero attached hydrogens (tertiary/aromatic N) is 1. The normalized spacial score (nSPS) is 14.2. The van der Waals surface area contributed by atoms with Crippen LogP contribution < -0.4 is 5.32 Å². The van der Waals surface area contributed by atoms with E-state index in [4.69, 9.17) is 16.3 Å². The molecule has 1 rings (SSSR count). The second kappa shape index (κ2) is 6.45. The Morgan fingerprint density at radius 3 is 2.88 bits per heavy atom. The average Bonchev–Trinajstić information content (AvgIpc) is 2.29. The fraction of sp³-hybridized carbons (Fsp3) is 0.455. The highest BCUT2D eigenvalue weighted by molar-refractivity contribution is 6.30. The van der Waals surface area contributed by atoms with E-state index >= 15 is 0 Å². The van der Waals surface area contributed by atoms with Gasteiger partial charge in [0, 0.05) is 13.3 Å². The summed E-state index contributed by atoms with van der Waals surface area (Å²) in [4.78, 5) is 15.6. The number of carbonyl (C=O) groups excluding carboxylic acids is 1. The zero-order chi connectivity index (χ0) is 12.0. The molecule has 0 spiro atoms. The second-order valence-corrected chi connectivity index (χ2v) is 4.04. The highest BCUT2D eigenvalue weighted by atomic mass is 35.5. The van der Waals surface area contributed by atoms with Crippen molar-refractivity contribution in [3.05, 3.63) is 30.1 Å². The molecule has 1 aromatic rings. The van der Waals surface area contributed by atoms with Gasteiger partial charge in [0.1, 0.15) is 5.38 Å². The first kappa shape index (κ1) is 12.9. The molecule has 0 bridgehead atoms. The number of ether oxygens (including phenoxy) is 1. The summed E-state index contributed by atoms with van der Waals surface area (Å²) in [5.74, 6) is -0.227. The molecule has 1 heterocycles. The van der Waals surface area contributed by atoms with Gasteiger partial charge in [-0.2, -0.15) is 0 Å². The monoisotopic (exact) mass is 242 g/mol. The molecule has 5 heteroatoms. The van der Waals surface area contributed by atoms with Crippen molar-refractivity contribution in [1.82, 2.24) is 10.3 Å². The Morgan fingerprint density at radius 1 is 1.62 bits per heavy atom. The fourth-order valence-electron chi connectivity index (χ4n) is 1.24. The molecule has 16 heavy (non-hydrogen) atoms. The van der Waals surface area contributed by atoms with Crippen molar-refractivity contribution in [2.24, 2.45) is 0 Å². The Labute approximate surface area is 100.0 Å². The number of hydrogen-bond donors (Lipinski definition) is 1. The van der Waals surface area contributed by atoms with Crippen molar-refractivity contribution < 1.29 is 9.53 Å². The molecule has 2 atom stereocenters. The van der Waals surface area contributed by atoms with Crippen LogP contribution in [0.4, 0.5) is 0 Å². The number of amides is 1. The molecule has 0 fully saturated rings. The third kappa shape index (κ3) is 3.79. The SMILES string of the molecule is COCC(NC(=O)C(C)Cl)c1ccccn1. The topological polar surface area (TPSA) is 51.2 Å². The number of rotatable bonds is 5. The molecular weight excluding hydrogens is 228 g/mol. The first-order chi connectivity index (χ1) is 7.65. The molecular formula is C11H15ClN2O2. The van der Waals surface area contributed by atoms with E-state index in [0.717, 1.165) is 5.69 Å². The van der Waals surface area contributed by atoms with E-state index in [0.29, 0.717) is 6.61 Å². The van der Waals surface area contributed by atoms with Crippen LogP contribution in [-0.2, 0) is 9.53 Å². The van der Waals surface area contributed by atoms with Crippen molar-refractivity contribution in [3.63, 3.8) is 0 Å². The van der Waals surface area contributed by atoms with Crippen molar-refractivity contribution >= 4 is 17.5 Å². The quantitative estimate of drug-likeness (QED) is 0.797. The molecule has 1 amide bonds. The summed E-state index contributed by atoms with van der Waals surface area (Å²) in [6.45, 7) is 1.99. The van der Waals surface area contributed by atoms with Crippen LogP contribution in [0, 0.1) is 0 Å². The largest absolute Gasteiger partial charge is 0.382 e. The van der Waals surface area contributed by atoms with Crippen LogP contribution >= 0.6 is 11.6 Å². The molecule has 88 valence electrons. The maximum Gasteiger partial charge on any atom is 0.238 e. The van der Waals surface area contributed by atoms with Gasteiger partial charge in [-0.3, -0.25) is 9.78 Å². The first-order valence-corrected chi connectivity index (χ1v) is 5.43. The molecule has 0 radical (unpaired) electrons. The van der Waals surface area contributed by atoms with Crippen LogP contribution in [0.5, 0.6) is 0 Å². The number of nitrogens with one attached hydrogen (secondary N) is 1. The third-order valence-electron chi connectivity index (χ3n) is 2.06.